The summed E-state index contributed by atoms with van der Waals surface area (Å²) in [7, 11) is 0. The molecule has 0 atom stereocenters. The Morgan fingerprint density at radius 2 is 1.95 bits per heavy atom. The molecule has 1 aromatic heterocycles. The van der Waals surface area contributed by atoms with Gasteiger partial charge in [0, 0.05) is 19.8 Å². The maximum absolute atomic E-state index is 11.7. The predicted molar refractivity (Wildman–Crippen MR) is 73.9 cm³/mol. The van der Waals surface area contributed by atoms with Crippen molar-refractivity contribution < 1.29 is 19.4 Å². The Hall–Kier alpha value is -1.95. The van der Waals surface area contributed by atoms with E-state index in [-0.39, 0.29) is 17.3 Å². The molecule has 1 aromatic rings. The zero-order chi connectivity index (χ0) is 14.8. The molecule has 0 spiro atoms. The number of unbranched alkanes of at least 4 members (excludes halogenated alkanes) is 1. The number of hydrogen-bond donors (Lipinski definition) is 2. The van der Waals surface area contributed by atoms with Gasteiger partial charge in [-0.05, 0) is 25.0 Å². The number of pyridine rings is 1. The maximum atomic E-state index is 11.7. The number of carboxylic acids is 1. The van der Waals surface area contributed by atoms with Crippen LogP contribution < -0.4 is 5.32 Å². The fourth-order valence-corrected chi connectivity index (χ4v) is 1.50. The number of carbonyl (C=O) groups is 2. The summed E-state index contributed by atoms with van der Waals surface area (Å²) in [5.41, 5.74) is -0.0302. The van der Waals surface area contributed by atoms with Gasteiger partial charge in [-0.25, -0.2) is 9.78 Å². The second-order valence-electron chi connectivity index (χ2n) is 4.29. The van der Waals surface area contributed by atoms with Crippen molar-refractivity contribution in [2.75, 3.05) is 19.8 Å². The number of carboxylic acid groups (broad SMARTS) is 1. The minimum atomic E-state index is -1.15. The zero-order valence-electron chi connectivity index (χ0n) is 11.6. The first-order valence-corrected chi connectivity index (χ1v) is 6.71. The molecule has 0 aliphatic rings. The topological polar surface area (TPSA) is 88.5 Å². The molecule has 0 saturated carbocycles. The smallest absolute Gasteiger partial charge is 0.354 e. The predicted octanol–water partition coefficient (Wildman–Crippen LogP) is 1.72. The third-order valence-electron chi connectivity index (χ3n) is 2.59. The Balaban J connectivity index is 2.29. The lowest BCUT2D eigenvalue weighted by atomic mass is 10.3. The van der Waals surface area contributed by atoms with E-state index in [2.05, 4.69) is 17.2 Å². The van der Waals surface area contributed by atoms with E-state index in [1.54, 1.807) is 0 Å². The molecule has 0 saturated heterocycles. The summed E-state index contributed by atoms with van der Waals surface area (Å²) in [6.45, 7) is 3.92. The molecule has 20 heavy (non-hydrogen) atoms. The Kier molecular flexibility index (Phi) is 7.27. The molecule has 0 fully saturated rings. The Morgan fingerprint density at radius 3 is 2.65 bits per heavy atom. The number of rotatable bonds is 9. The number of carbonyl (C=O) groups excluding carboxylic acids is 1. The van der Waals surface area contributed by atoms with Gasteiger partial charge in [-0.1, -0.05) is 19.4 Å². The first-order chi connectivity index (χ1) is 9.65. The standard InChI is InChI=1S/C14H20N2O4/c1-2-3-9-20-10-5-8-15-13(17)11-6-4-7-12(16-11)14(18)19/h4,6-7H,2-3,5,8-10H2,1H3,(H,15,17)(H,18,19). The van der Waals surface area contributed by atoms with Gasteiger partial charge < -0.3 is 15.2 Å². The lowest BCUT2D eigenvalue weighted by Crippen LogP contribution is -2.26. The SMILES string of the molecule is CCCCOCCCNC(=O)c1cccc(C(=O)O)n1. The lowest BCUT2D eigenvalue weighted by Gasteiger charge is -2.06. The van der Waals surface area contributed by atoms with Gasteiger partial charge in [-0.15, -0.1) is 0 Å². The van der Waals surface area contributed by atoms with Gasteiger partial charge in [0.15, 0.2) is 0 Å². The van der Waals surface area contributed by atoms with Crippen molar-refractivity contribution in [2.45, 2.75) is 26.2 Å². The number of amides is 1. The highest BCUT2D eigenvalue weighted by atomic mass is 16.5. The van der Waals surface area contributed by atoms with E-state index in [0.29, 0.717) is 19.6 Å². The first kappa shape index (κ1) is 16.1. The second-order valence-corrected chi connectivity index (χ2v) is 4.29. The number of ether oxygens (including phenoxy) is 1. The van der Waals surface area contributed by atoms with Crippen LogP contribution in [0.2, 0.25) is 0 Å². The summed E-state index contributed by atoms with van der Waals surface area (Å²) in [6, 6.07) is 4.33. The van der Waals surface area contributed by atoms with Crippen LogP contribution in [0.4, 0.5) is 0 Å². The minimum absolute atomic E-state index is 0.108. The molecule has 110 valence electrons. The van der Waals surface area contributed by atoms with Gasteiger partial charge in [-0.3, -0.25) is 4.79 Å². The number of nitrogens with zero attached hydrogens (tertiary/aromatic N) is 1. The molecule has 6 nitrogen and oxygen atoms in total. The third kappa shape index (κ3) is 5.79. The monoisotopic (exact) mass is 280 g/mol. The van der Waals surface area contributed by atoms with Gasteiger partial charge in [0.1, 0.15) is 11.4 Å². The molecule has 0 bridgehead atoms. The van der Waals surface area contributed by atoms with Crippen LogP contribution in [0, 0.1) is 0 Å². The van der Waals surface area contributed by atoms with Crippen molar-refractivity contribution in [1.82, 2.24) is 10.3 Å². The van der Waals surface area contributed by atoms with Gasteiger partial charge in [0.25, 0.3) is 5.91 Å². The molecule has 1 heterocycles. The summed E-state index contributed by atoms with van der Waals surface area (Å²) in [6.07, 6.45) is 2.86. The van der Waals surface area contributed by atoms with E-state index in [4.69, 9.17) is 9.84 Å². The summed E-state index contributed by atoms with van der Waals surface area (Å²) in [4.78, 5) is 26.3. The van der Waals surface area contributed by atoms with Gasteiger partial charge in [-0.2, -0.15) is 0 Å². The number of aromatic carboxylic acids is 1. The van der Waals surface area contributed by atoms with Gasteiger partial charge in [0.05, 0.1) is 0 Å². The van der Waals surface area contributed by atoms with Crippen LogP contribution in [0.25, 0.3) is 0 Å². The van der Waals surface area contributed by atoms with Gasteiger partial charge in [0.2, 0.25) is 0 Å². The highest BCUT2D eigenvalue weighted by molar-refractivity contribution is 5.94. The summed E-state index contributed by atoms with van der Waals surface area (Å²) < 4.78 is 5.37. The Morgan fingerprint density at radius 1 is 1.25 bits per heavy atom. The average Bonchev–Trinajstić information content (AvgIpc) is 2.46. The molecule has 0 aliphatic heterocycles. The van der Waals surface area contributed by atoms with Crippen molar-refractivity contribution >= 4 is 11.9 Å². The summed E-state index contributed by atoms with van der Waals surface area (Å²) in [5.74, 6) is -1.52. The van der Waals surface area contributed by atoms with E-state index in [1.165, 1.54) is 18.2 Å². The van der Waals surface area contributed by atoms with Crippen molar-refractivity contribution in [2.24, 2.45) is 0 Å². The fourth-order valence-electron chi connectivity index (χ4n) is 1.50. The molecular formula is C14H20N2O4. The lowest BCUT2D eigenvalue weighted by molar-refractivity contribution is 0.0690. The molecule has 1 rings (SSSR count). The Labute approximate surface area is 118 Å². The second kappa shape index (κ2) is 9.03. The fraction of sp³-hybridized carbons (Fsp3) is 0.500. The molecule has 1 amide bonds. The van der Waals surface area contributed by atoms with Crippen molar-refractivity contribution in [3.05, 3.63) is 29.6 Å². The summed E-state index contributed by atoms with van der Waals surface area (Å²) in [5, 5.41) is 11.5. The number of hydrogen-bond acceptors (Lipinski definition) is 4. The van der Waals surface area contributed by atoms with E-state index in [9.17, 15) is 9.59 Å². The molecule has 0 radical (unpaired) electrons. The van der Waals surface area contributed by atoms with Crippen LogP contribution in [0.15, 0.2) is 18.2 Å². The molecule has 0 aromatic carbocycles. The first-order valence-electron chi connectivity index (χ1n) is 6.71. The minimum Gasteiger partial charge on any atom is -0.477 e. The third-order valence-corrected chi connectivity index (χ3v) is 2.59. The highest BCUT2D eigenvalue weighted by Gasteiger charge is 2.10. The van der Waals surface area contributed by atoms with Gasteiger partial charge >= 0.3 is 5.97 Å². The quantitative estimate of drug-likeness (QED) is 0.672. The van der Waals surface area contributed by atoms with Crippen LogP contribution in [0.5, 0.6) is 0 Å². The van der Waals surface area contributed by atoms with Crippen LogP contribution in [-0.2, 0) is 4.74 Å². The Bertz CT molecular complexity index is 449. The van der Waals surface area contributed by atoms with E-state index >= 15 is 0 Å². The number of nitrogens with one attached hydrogen (secondary N) is 1. The van der Waals surface area contributed by atoms with Crippen molar-refractivity contribution in [1.29, 1.82) is 0 Å². The largest absolute Gasteiger partial charge is 0.477 e. The molecule has 0 aliphatic carbocycles. The normalized spacial score (nSPS) is 10.2. The van der Waals surface area contributed by atoms with Crippen LogP contribution >= 0.6 is 0 Å². The summed E-state index contributed by atoms with van der Waals surface area (Å²) >= 11 is 0. The molecule has 6 heteroatoms. The van der Waals surface area contributed by atoms with E-state index < -0.39 is 5.97 Å². The van der Waals surface area contributed by atoms with Crippen LogP contribution in [-0.4, -0.2) is 41.7 Å². The van der Waals surface area contributed by atoms with E-state index in [0.717, 1.165) is 19.4 Å². The van der Waals surface area contributed by atoms with Crippen molar-refractivity contribution in [3.63, 3.8) is 0 Å². The van der Waals surface area contributed by atoms with E-state index in [1.807, 2.05) is 0 Å². The average molecular weight is 280 g/mol. The molecular weight excluding hydrogens is 260 g/mol. The zero-order valence-corrected chi connectivity index (χ0v) is 11.6. The van der Waals surface area contributed by atoms with Crippen molar-refractivity contribution in [3.8, 4) is 0 Å². The van der Waals surface area contributed by atoms with Crippen LogP contribution in [0.1, 0.15) is 47.2 Å². The number of aromatic nitrogens is 1. The molecule has 0 unspecified atom stereocenters. The molecule has 2 N–H and O–H groups in total. The maximum Gasteiger partial charge on any atom is 0.354 e. The van der Waals surface area contributed by atoms with Crippen LogP contribution in [0.3, 0.4) is 0 Å². The highest BCUT2D eigenvalue weighted by Crippen LogP contribution is 1.99.